The third kappa shape index (κ3) is 3.07. The van der Waals surface area contributed by atoms with Crippen LogP contribution in [0.5, 0.6) is 5.75 Å². The van der Waals surface area contributed by atoms with Gasteiger partial charge in [-0.3, -0.25) is 0 Å². The van der Waals surface area contributed by atoms with Crippen LogP contribution in [-0.2, 0) is 6.42 Å². The minimum atomic E-state index is 0.416. The van der Waals surface area contributed by atoms with Crippen LogP contribution < -0.4 is 10.1 Å². The van der Waals surface area contributed by atoms with Gasteiger partial charge in [0, 0.05) is 22.5 Å². The lowest BCUT2D eigenvalue weighted by molar-refractivity contribution is 0.346. The van der Waals surface area contributed by atoms with Gasteiger partial charge >= 0.3 is 0 Å². The van der Waals surface area contributed by atoms with E-state index in [0.717, 1.165) is 25.3 Å². The molecule has 1 heterocycles. The Morgan fingerprint density at radius 1 is 1.39 bits per heavy atom. The molecule has 1 aliphatic rings. The molecule has 1 aliphatic heterocycles. The highest BCUT2D eigenvalue weighted by atomic mass is 79.9. The van der Waals surface area contributed by atoms with Crippen LogP contribution in [0.25, 0.3) is 0 Å². The maximum atomic E-state index is 5.83. The number of fused-ring (bicyclic) bond motifs is 1. The number of halogens is 1. The van der Waals surface area contributed by atoms with Gasteiger partial charge in [0.1, 0.15) is 5.75 Å². The van der Waals surface area contributed by atoms with Crippen LogP contribution in [0, 0.1) is 0 Å². The van der Waals surface area contributed by atoms with Crippen molar-refractivity contribution in [2.24, 2.45) is 0 Å². The summed E-state index contributed by atoms with van der Waals surface area (Å²) in [5.41, 5.74) is 2.67. The standard InChI is InChI=1S/C15H22BrNO/c1-3-5-6-14(17-4-2)13-10-12(16)9-11-7-8-18-15(11)13/h9-10,14,17H,3-8H2,1-2H3. The highest BCUT2D eigenvalue weighted by Crippen LogP contribution is 2.37. The molecular weight excluding hydrogens is 290 g/mol. The molecule has 100 valence electrons. The molecule has 2 nitrogen and oxygen atoms in total. The number of ether oxygens (including phenoxy) is 1. The van der Waals surface area contributed by atoms with E-state index in [1.54, 1.807) is 0 Å². The van der Waals surface area contributed by atoms with E-state index in [9.17, 15) is 0 Å². The summed E-state index contributed by atoms with van der Waals surface area (Å²) >= 11 is 3.62. The molecule has 18 heavy (non-hydrogen) atoms. The van der Waals surface area contributed by atoms with Gasteiger partial charge in [0.15, 0.2) is 0 Å². The predicted octanol–water partition coefficient (Wildman–Crippen LogP) is 4.22. The van der Waals surface area contributed by atoms with Crippen molar-refractivity contribution in [2.75, 3.05) is 13.2 Å². The number of unbranched alkanes of at least 4 members (excludes halogenated alkanes) is 1. The molecule has 0 bridgehead atoms. The monoisotopic (exact) mass is 311 g/mol. The van der Waals surface area contributed by atoms with Crippen molar-refractivity contribution in [3.63, 3.8) is 0 Å². The fourth-order valence-electron chi connectivity index (χ4n) is 2.58. The van der Waals surface area contributed by atoms with Crippen LogP contribution >= 0.6 is 15.9 Å². The van der Waals surface area contributed by atoms with Crippen molar-refractivity contribution in [2.45, 2.75) is 45.6 Å². The van der Waals surface area contributed by atoms with Gasteiger partial charge in [-0.05, 0) is 30.7 Å². The van der Waals surface area contributed by atoms with Gasteiger partial charge in [-0.15, -0.1) is 0 Å². The van der Waals surface area contributed by atoms with E-state index in [1.165, 1.54) is 34.9 Å². The van der Waals surface area contributed by atoms with Gasteiger partial charge < -0.3 is 10.1 Å². The molecule has 2 rings (SSSR count). The van der Waals surface area contributed by atoms with E-state index < -0.39 is 0 Å². The Morgan fingerprint density at radius 2 is 2.22 bits per heavy atom. The first-order valence-electron chi connectivity index (χ1n) is 6.94. The van der Waals surface area contributed by atoms with Crippen LogP contribution in [0.4, 0.5) is 0 Å². The normalized spacial score (nSPS) is 15.3. The Bertz CT molecular complexity index is 406. The maximum Gasteiger partial charge on any atom is 0.127 e. The zero-order valence-corrected chi connectivity index (χ0v) is 12.8. The van der Waals surface area contributed by atoms with Crippen LogP contribution in [-0.4, -0.2) is 13.2 Å². The Morgan fingerprint density at radius 3 is 2.94 bits per heavy atom. The van der Waals surface area contributed by atoms with E-state index in [1.807, 2.05) is 0 Å². The molecule has 0 aromatic heterocycles. The minimum Gasteiger partial charge on any atom is -0.493 e. The molecular formula is C15H22BrNO. The van der Waals surface area contributed by atoms with E-state index in [4.69, 9.17) is 4.74 Å². The van der Waals surface area contributed by atoms with Crippen molar-refractivity contribution in [3.8, 4) is 5.75 Å². The molecule has 0 spiro atoms. The predicted molar refractivity (Wildman–Crippen MR) is 79.3 cm³/mol. The van der Waals surface area contributed by atoms with Crippen molar-refractivity contribution in [1.29, 1.82) is 0 Å². The fraction of sp³-hybridized carbons (Fsp3) is 0.600. The third-order valence-corrected chi connectivity index (χ3v) is 3.91. The van der Waals surface area contributed by atoms with Gasteiger partial charge in [-0.25, -0.2) is 0 Å². The molecule has 1 aromatic carbocycles. The van der Waals surface area contributed by atoms with Crippen LogP contribution in [0.1, 0.15) is 50.3 Å². The summed E-state index contributed by atoms with van der Waals surface area (Å²) in [5.74, 6) is 1.13. The average molecular weight is 312 g/mol. The lowest BCUT2D eigenvalue weighted by atomic mass is 9.97. The largest absolute Gasteiger partial charge is 0.493 e. The van der Waals surface area contributed by atoms with E-state index in [0.29, 0.717) is 6.04 Å². The van der Waals surface area contributed by atoms with Gasteiger partial charge in [0.2, 0.25) is 0 Å². The molecule has 1 atom stereocenters. The van der Waals surface area contributed by atoms with Crippen molar-refractivity contribution in [3.05, 3.63) is 27.7 Å². The lowest BCUT2D eigenvalue weighted by Gasteiger charge is -2.21. The Hall–Kier alpha value is -0.540. The topological polar surface area (TPSA) is 21.3 Å². The first kappa shape index (κ1) is 13.9. The first-order valence-corrected chi connectivity index (χ1v) is 7.74. The van der Waals surface area contributed by atoms with Crippen molar-refractivity contribution < 1.29 is 4.74 Å². The van der Waals surface area contributed by atoms with Crippen LogP contribution in [0.3, 0.4) is 0 Å². The molecule has 1 aromatic rings. The number of nitrogens with one attached hydrogen (secondary N) is 1. The van der Waals surface area contributed by atoms with E-state index >= 15 is 0 Å². The molecule has 3 heteroatoms. The molecule has 0 amide bonds. The average Bonchev–Trinajstić information content (AvgIpc) is 2.81. The molecule has 1 unspecified atom stereocenters. The Labute approximate surface area is 118 Å². The zero-order valence-electron chi connectivity index (χ0n) is 11.3. The van der Waals surface area contributed by atoms with Gasteiger partial charge in [-0.2, -0.15) is 0 Å². The summed E-state index contributed by atoms with van der Waals surface area (Å²) in [6.45, 7) is 6.23. The molecule has 0 radical (unpaired) electrons. The summed E-state index contributed by atoms with van der Waals surface area (Å²) in [4.78, 5) is 0. The molecule has 1 N–H and O–H groups in total. The smallest absolute Gasteiger partial charge is 0.127 e. The minimum absolute atomic E-state index is 0.416. The van der Waals surface area contributed by atoms with Crippen LogP contribution in [0.2, 0.25) is 0 Å². The van der Waals surface area contributed by atoms with Crippen molar-refractivity contribution >= 4 is 15.9 Å². The zero-order chi connectivity index (χ0) is 13.0. The maximum absolute atomic E-state index is 5.83. The first-order chi connectivity index (χ1) is 8.76. The second-order valence-corrected chi connectivity index (χ2v) is 5.75. The van der Waals surface area contributed by atoms with Gasteiger partial charge in [0.05, 0.1) is 6.61 Å². The summed E-state index contributed by atoms with van der Waals surface area (Å²) in [5, 5.41) is 3.59. The molecule has 0 aliphatic carbocycles. The third-order valence-electron chi connectivity index (χ3n) is 3.45. The molecule has 0 fully saturated rings. The summed E-state index contributed by atoms with van der Waals surface area (Å²) < 4.78 is 7.00. The Balaban J connectivity index is 2.28. The second kappa shape index (κ2) is 6.58. The van der Waals surface area contributed by atoms with Crippen LogP contribution in [0.15, 0.2) is 16.6 Å². The number of hydrogen-bond acceptors (Lipinski definition) is 2. The number of benzene rings is 1. The second-order valence-electron chi connectivity index (χ2n) is 4.83. The van der Waals surface area contributed by atoms with Crippen molar-refractivity contribution in [1.82, 2.24) is 5.32 Å². The van der Waals surface area contributed by atoms with Gasteiger partial charge in [0.25, 0.3) is 0 Å². The molecule has 0 saturated heterocycles. The summed E-state index contributed by atoms with van der Waals surface area (Å²) in [6.07, 6.45) is 4.70. The summed E-state index contributed by atoms with van der Waals surface area (Å²) in [6, 6.07) is 4.82. The Kier molecular flexibility index (Phi) is 5.07. The highest BCUT2D eigenvalue weighted by Gasteiger charge is 2.22. The number of rotatable bonds is 6. The van der Waals surface area contributed by atoms with Gasteiger partial charge in [-0.1, -0.05) is 42.6 Å². The highest BCUT2D eigenvalue weighted by molar-refractivity contribution is 9.10. The lowest BCUT2D eigenvalue weighted by Crippen LogP contribution is -2.21. The van der Waals surface area contributed by atoms with E-state index in [2.05, 4.69) is 47.2 Å². The quantitative estimate of drug-likeness (QED) is 0.849. The SMILES string of the molecule is CCCCC(NCC)c1cc(Br)cc2c1OCC2. The fourth-order valence-corrected chi connectivity index (χ4v) is 3.10. The van der Waals surface area contributed by atoms with E-state index in [-0.39, 0.29) is 0 Å². The summed E-state index contributed by atoms with van der Waals surface area (Å²) in [7, 11) is 0. The molecule has 0 saturated carbocycles. The number of hydrogen-bond donors (Lipinski definition) is 1.